The number of esters is 1. The molecule has 0 radical (unpaired) electrons. The van der Waals surface area contributed by atoms with Crippen LogP contribution in [0.25, 0.3) is 0 Å². The van der Waals surface area contributed by atoms with Gasteiger partial charge in [-0.05, 0) is 54.3 Å². The van der Waals surface area contributed by atoms with Crippen LogP contribution in [0.3, 0.4) is 0 Å². The summed E-state index contributed by atoms with van der Waals surface area (Å²) >= 11 is 1.83. The van der Waals surface area contributed by atoms with Crippen LogP contribution in [0, 0.1) is 5.92 Å². The summed E-state index contributed by atoms with van der Waals surface area (Å²) in [5.74, 6) is 0.127. The van der Waals surface area contributed by atoms with Crippen molar-refractivity contribution in [3.05, 3.63) is 51.7 Å². The Morgan fingerprint density at radius 3 is 2.85 bits per heavy atom. The number of benzene rings is 1. The molecule has 1 atom stereocenters. The largest absolute Gasteiger partial charge is 0.465 e. The van der Waals surface area contributed by atoms with E-state index in [0.29, 0.717) is 29.8 Å². The van der Waals surface area contributed by atoms with Gasteiger partial charge in [0.2, 0.25) is 5.91 Å². The van der Waals surface area contributed by atoms with E-state index in [2.05, 4.69) is 21.7 Å². The van der Waals surface area contributed by atoms with Crippen LogP contribution in [-0.2, 0) is 16.0 Å². The Bertz CT molecular complexity index is 828. The number of rotatable bonds is 5. The quantitative estimate of drug-likeness (QED) is 0.819. The van der Waals surface area contributed by atoms with Crippen LogP contribution >= 0.6 is 11.3 Å². The smallest absolute Gasteiger partial charge is 0.339 e. The molecular weight excluding hydrogens is 348 g/mol. The van der Waals surface area contributed by atoms with Gasteiger partial charge in [0.15, 0.2) is 0 Å². The van der Waals surface area contributed by atoms with Crippen molar-refractivity contribution in [3.63, 3.8) is 0 Å². The Labute approximate surface area is 157 Å². The highest BCUT2D eigenvalue weighted by atomic mass is 32.1. The third kappa shape index (κ3) is 3.39. The second-order valence-electron chi connectivity index (χ2n) is 6.89. The first kappa shape index (κ1) is 17.2. The molecule has 2 aliphatic rings. The molecule has 0 bridgehead atoms. The highest BCUT2D eigenvalue weighted by molar-refractivity contribution is 7.10. The molecule has 1 N–H and O–H groups in total. The number of hydrogen-bond acceptors (Lipinski definition) is 5. The van der Waals surface area contributed by atoms with Crippen molar-refractivity contribution in [2.75, 3.05) is 25.5 Å². The molecule has 1 amide bonds. The van der Waals surface area contributed by atoms with Crippen LogP contribution in [0.1, 0.15) is 39.7 Å². The highest BCUT2D eigenvalue weighted by Crippen LogP contribution is 2.48. The van der Waals surface area contributed by atoms with Crippen molar-refractivity contribution in [2.45, 2.75) is 25.3 Å². The van der Waals surface area contributed by atoms with E-state index in [1.54, 1.807) is 24.3 Å². The molecule has 0 spiro atoms. The lowest BCUT2D eigenvalue weighted by Crippen LogP contribution is -2.41. The summed E-state index contributed by atoms with van der Waals surface area (Å²) in [6.45, 7) is 1.24. The van der Waals surface area contributed by atoms with E-state index in [4.69, 9.17) is 4.74 Å². The van der Waals surface area contributed by atoms with Gasteiger partial charge in [-0.1, -0.05) is 12.1 Å². The number of thiophene rings is 1. The fourth-order valence-electron chi connectivity index (χ4n) is 3.79. The molecule has 1 aliphatic heterocycles. The van der Waals surface area contributed by atoms with E-state index in [1.165, 1.54) is 30.4 Å². The van der Waals surface area contributed by atoms with Crippen molar-refractivity contribution >= 4 is 28.9 Å². The average molecular weight is 370 g/mol. The molecule has 1 aromatic heterocycles. The standard InChI is InChI=1S/C20H22N2O3S/c1-25-20(24)14-4-2-3-5-16(14)21-18(23)12-22-10-8-17-15(9-11-26-17)19(22)13-6-7-13/h2-5,9,11,13,19H,6-8,10,12H2,1H3,(H,21,23)/t19-/m1/s1. The third-order valence-electron chi connectivity index (χ3n) is 5.14. The molecule has 1 aromatic carbocycles. The molecule has 2 aromatic rings. The van der Waals surface area contributed by atoms with Crippen molar-refractivity contribution in [2.24, 2.45) is 5.92 Å². The van der Waals surface area contributed by atoms with Crippen molar-refractivity contribution in [1.29, 1.82) is 0 Å². The number of amides is 1. The number of para-hydroxylation sites is 1. The summed E-state index contributed by atoms with van der Waals surface area (Å²) in [5.41, 5.74) is 2.29. The molecule has 1 saturated carbocycles. The first-order valence-electron chi connectivity index (χ1n) is 8.95. The molecule has 0 saturated heterocycles. The van der Waals surface area contributed by atoms with Crippen LogP contribution in [0.2, 0.25) is 0 Å². The summed E-state index contributed by atoms with van der Waals surface area (Å²) in [7, 11) is 1.34. The van der Waals surface area contributed by atoms with Crippen molar-refractivity contribution in [3.8, 4) is 0 Å². The Morgan fingerprint density at radius 2 is 2.08 bits per heavy atom. The number of carbonyl (C=O) groups excluding carboxylic acids is 2. The molecule has 0 unspecified atom stereocenters. The third-order valence-corrected chi connectivity index (χ3v) is 6.14. The van der Waals surface area contributed by atoms with Crippen LogP contribution in [0.15, 0.2) is 35.7 Å². The first-order chi connectivity index (χ1) is 12.7. The summed E-state index contributed by atoms with van der Waals surface area (Å²) in [6, 6.07) is 9.52. The molecule has 5 nitrogen and oxygen atoms in total. The minimum absolute atomic E-state index is 0.0920. The second-order valence-corrected chi connectivity index (χ2v) is 7.89. The Hall–Kier alpha value is -2.18. The van der Waals surface area contributed by atoms with Crippen LogP contribution in [-0.4, -0.2) is 37.0 Å². The van der Waals surface area contributed by atoms with Gasteiger partial charge in [0.25, 0.3) is 0 Å². The van der Waals surface area contributed by atoms with Gasteiger partial charge in [-0.15, -0.1) is 11.3 Å². The van der Waals surface area contributed by atoms with E-state index >= 15 is 0 Å². The van der Waals surface area contributed by atoms with Crippen LogP contribution in [0.5, 0.6) is 0 Å². The van der Waals surface area contributed by atoms with Gasteiger partial charge in [0.1, 0.15) is 0 Å². The number of ether oxygens (including phenoxy) is 1. The molecule has 1 aliphatic carbocycles. The predicted molar refractivity (Wildman–Crippen MR) is 101 cm³/mol. The molecule has 1 fully saturated rings. The maximum Gasteiger partial charge on any atom is 0.339 e. The fraction of sp³-hybridized carbons (Fsp3) is 0.400. The van der Waals surface area contributed by atoms with E-state index in [-0.39, 0.29) is 5.91 Å². The number of hydrogen-bond donors (Lipinski definition) is 1. The monoisotopic (exact) mass is 370 g/mol. The molecule has 2 heterocycles. The number of nitrogens with zero attached hydrogens (tertiary/aromatic N) is 1. The predicted octanol–water partition coefficient (Wildman–Crippen LogP) is 3.48. The van der Waals surface area contributed by atoms with E-state index < -0.39 is 5.97 Å². The fourth-order valence-corrected chi connectivity index (χ4v) is 4.71. The van der Waals surface area contributed by atoms with Gasteiger partial charge in [0.05, 0.1) is 24.9 Å². The summed E-state index contributed by atoms with van der Waals surface area (Å²) in [5, 5.41) is 5.05. The van der Waals surface area contributed by atoms with Crippen LogP contribution < -0.4 is 5.32 Å². The Balaban J connectivity index is 1.48. The zero-order valence-electron chi connectivity index (χ0n) is 14.7. The number of fused-ring (bicyclic) bond motifs is 1. The normalized spacial score (nSPS) is 19.7. The molecule has 136 valence electrons. The molecular formula is C20H22N2O3S. The number of nitrogens with one attached hydrogen (secondary N) is 1. The minimum Gasteiger partial charge on any atom is -0.465 e. The zero-order chi connectivity index (χ0) is 18.1. The summed E-state index contributed by atoms with van der Waals surface area (Å²) < 4.78 is 4.80. The van der Waals surface area contributed by atoms with Gasteiger partial charge in [0, 0.05) is 17.5 Å². The van der Waals surface area contributed by atoms with Gasteiger partial charge in [-0.2, -0.15) is 0 Å². The molecule has 4 rings (SSSR count). The van der Waals surface area contributed by atoms with Crippen LogP contribution in [0.4, 0.5) is 5.69 Å². The van der Waals surface area contributed by atoms with E-state index in [0.717, 1.165) is 13.0 Å². The van der Waals surface area contributed by atoms with Gasteiger partial charge in [-0.3, -0.25) is 9.69 Å². The lowest BCUT2D eigenvalue weighted by molar-refractivity contribution is -0.118. The lowest BCUT2D eigenvalue weighted by Gasteiger charge is -2.35. The van der Waals surface area contributed by atoms with Gasteiger partial charge >= 0.3 is 5.97 Å². The molecule has 26 heavy (non-hydrogen) atoms. The summed E-state index contributed by atoms with van der Waals surface area (Å²) in [6.07, 6.45) is 3.48. The zero-order valence-corrected chi connectivity index (χ0v) is 15.6. The topological polar surface area (TPSA) is 58.6 Å². The van der Waals surface area contributed by atoms with E-state index in [1.807, 2.05) is 11.3 Å². The number of methoxy groups -OCH3 is 1. The van der Waals surface area contributed by atoms with Crippen molar-refractivity contribution in [1.82, 2.24) is 4.90 Å². The summed E-state index contributed by atoms with van der Waals surface area (Å²) in [4.78, 5) is 28.3. The number of carbonyl (C=O) groups is 2. The van der Waals surface area contributed by atoms with Gasteiger partial charge < -0.3 is 10.1 Å². The SMILES string of the molecule is COC(=O)c1ccccc1NC(=O)CN1CCc2sccc2[C@H]1C1CC1. The lowest BCUT2D eigenvalue weighted by atomic mass is 9.96. The number of anilines is 1. The molecule has 6 heteroatoms. The Kier molecular flexibility index (Phi) is 4.78. The second kappa shape index (κ2) is 7.21. The maximum absolute atomic E-state index is 12.7. The Morgan fingerprint density at radius 1 is 1.27 bits per heavy atom. The average Bonchev–Trinajstić information content (AvgIpc) is 3.37. The highest BCUT2D eigenvalue weighted by Gasteiger charge is 2.40. The van der Waals surface area contributed by atoms with Crippen molar-refractivity contribution < 1.29 is 14.3 Å². The maximum atomic E-state index is 12.7. The van der Waals surface area contributed by atoms with E-state index in [9.17, 15) is 9.59 Å². The first-order valence-corrected chi connectivity index (χ1v) is 9.83. The van der Waals surface area contributed by atoms with Gasteiger partial charge in [-0.25, -0.2) is 4.79 Å². The minimum atomic E-state index is -0.447.